The lowest BCUT2D eigenvalue weighted by molar-refractivity contribution is -0.146. The fraction of sp³-hybridized carbons (Fsp3) is 0.500. The van der Waals surface area contributed by atoms with Gasteiger partial charge >= 0.3 is 5.97 Å². The van der Waals surface area contributed by atoms with E-state index in [1.54, 1.807) is 19.9 Å². The molecule has 0 bridgehead atoms. The Morgan fingerprint density at radius 2 is 2.17 bits per heavy atom. The van der Waals surface area contributed by atoms with Crippen LogP contribution in [0.25, 0.3) is 0 Å². The molecule has 4 heteroatoms. The molecule has 0 aromatic heterocycles. The van der Waals surface area contributed by atoms with Crippen molar-refractivity contribution in [1.82, 2.24) is 0 Å². The van der Waals surface area contributed by atoms with Crippen LogP contribution in [0.15, 0.2) is 18.2 Å². The van der Waals surface area contributed by atoms with Crippen molar-refractivity contribution in [2.24, 2.45) is 5.92 Å². The van der Waals surface area contributed by atoms with Crippen molar-refractivity contribution in [2.75, 3.05) is 0 Å². The maximum atomic E-state index is 13.6. The van der Waals surface area contributed by atoms with Crippen molar-refractivity contribution in [1.29, 1.82) is 0 Å². The molecule has 1 unspecified atom stereocenters. The molecular weight excluding hydrogens is 235 g/mol. The van der Waals surface area contributed by atoms with Crippen LogP contribution in [-0.4, -0.2) is 22.3 Å². The van der Waals surface area contributed by atoms with Gasteiger partial charge in [-0.15, -0.1) is 0 Å². The number of aliphatic hydroxyl groups is 1. The molecule has 2 rings (SSSR count). The van der Waals surface area contributed by atoms with E-state index in [9.17, 15) is 19.4 Å². The zero-order valence-corrected chi connectivity index (χ0v) is 10.5. The molecule has 3 nitrogen and oxygen atoms in total. The summed E-state index contributed by atoms with van der Waals surface area (Å²) < 4.78 is 13.6. The number of carboxylic acids is 1. The number of halogens is 1. The van der Waals surface area contributed by atoms with Crippen LogP contribution in [0.3, 0.4) is 0 Å². The van der Waals surface area contributed by atoms with Gasteiger partial charge in [0.15, 0.2) is 0 Å². The van der Waals surface area contributed by atoms with Gasteiger partial charge in [-0.1, -0.05) is 19.1 Å². The number of rotatable bonds is 2. The minimum absolute atomic E-state index is 0.342. The van der Waals surface area contributed by atoms with Crippen LogP contribution in [0.4, 0.5) is 4.39 Å². The third-order valence-electron chi connectivity index (χ3n) is 4.32. The molecule has 2 N–H and O–H groups in total. The van der Waals surface area contributed by atoms with Crippen LogP contribution in [0, 0.1) is 18.7 Å². The maximum Gasteiger partial charge on any atom is 0.314 e. The summed E-state index contributed by atoms with van der Waals surface area (Å²) in [5.74, 6) is -1.81. The van der Waals surface area contributed by atoms with Crippen LogP contribution >= 0.6 is 0 Å². The fourth-order valence-electron chi connectivity index (χ4n) is 3.07. The van der Waals surface area contributed by atoms with Crippen molar-refractivity contribution in [3.63, 3.8) is 0 Å². The Hall–Kier alpha value is -1.42. The highest BCUT2D eigenvalue weighted by Crippen LogP contribution is 2.47. The van der Waals surface area contributed by atoms with Crippen LogP contribution in [0.5, 0.6) is 0 Å². The molecule has 1 aromatic carbocycles. The lowest BCUT2D eigenvalue weighted by atomic mass is 9.71. The monoisotopic (exact) mass is 252 g/mol. The summed E-state index contributed by atoms with van der Waals surface area (Å²) in [4.78, 5) is 11.7. The van der Waals surface area contributed by atoms with Gasteiger partial charge in [-0.25, -0.2) is 4.39 Å². The van der Waals surface area contributed by atoms with Gasteiger partial charge in [0, 0.05) is 5.92 Å². The normalized spacial score (nSPS) is 31.6. The predicted octanol–water partition coefficient (Wildman–Crippen LogP) is 2.25. The third kappa shape index (κ3) is 1.63. The number of carboxylic acid groups (broad SMARTS) is 1. The number of aliphatic hydroxyl groups excluding tert-OH is 1. The van der Waals surface area contributed by atoms with E-state index in [1.807, 2.05) is 0 Å². The molecule has 0 spiro atoms. The van der Waals surface area contributed by atoms with Gasteiger partial charge in [-0.3, -0.25) is 4.79 Å². The van der Waals surface area contributed by atoms with Gasteiger partial charge in [0.2, 0.25) is 0 Å². The van der Waals surface area contributed by atoms with E-state index in [-0.39, 0.29) is 0 Å². The third-order valence-corrected chi connectivity index (χ3v) is 4.32. The first-order chi connectivity index (χ1) is 8.41. The molecule has 1 aromatic rings. The van der Waals surface area contributed by atoms with E-state index in [0.717, 1.165) is 0 Å². The molecule has 98 valence electrons. The van der Waals surface area contributed by atoms with Gasteiger partial charge in [0.05, 0.1) is 11.5 Å². The Bertz CT molecular complexity index is 486. The summed E-state index contributed by atoms with van der Waals surface area (Å²) >= 11 is 0. The maximum absolute atomic E-state index is 13.6. The highest BCUT2D eigenvalue weighted by molar-refractivity contribution is 5.83. The van der Waals surface area contributed by atoms with Gasteiger partial charge in [-0.2, -0.15) is 0 Å². The summed E-state index contributed by atoms with van der Waals surface area (Å²) in [6, 6.07) is 4.51. The standard InChI is InChI=1S/C14H17FO3/c1-8-10(4-3-5-11(8)15)14(13(17)18)7-6-12(16)9(14)2/h3-5,9,12,16H,6-7H2,1-2H3,(H,17,18)/t9?,12-,14+/m0/s1. The van der Waals surface area contributed by atoms with Gasteiger partial charge < -0.3 is 10.2 Å². The highest BCUT2D eigenvalue weighted by atomic mass is 19.1. The molecule has 1 aliphatic carbocycles. The first kappa shape index (κ1) is 13.0. The Morgan fingerprint density at radius 3 is 2.67 bits per heavy atom. The van der Waals surface area contributed by atoms with Gasteiger partial charge in [-0.05, 0) is 37.0 Å². The van der Waals surface area contributed by atoms with E-state index >= 15 is 0 Å². The Balaban J connectivity index is 2.63. The molecular formula is C14H17FO3. The van der Waals surface area contributed by atoms with E-state index in [1.165, 1.54) is 12.1 Å². The molecule has 1 saturated carbocycles. The van der Waals surface area contributed by atoms with Crippen molar-refractivity contribution in [3.8, 4) is 0 Å². The summed E-state index contributed by atoms with van der Waals surface area (Å²) in [6.07, 6.45) is 0.127. The second kappa shape index (κ2) is 4.35. The average Bonchev–Trinajstić information content (AvgIpc) is 2.61. The van der Waals surface area contributed by atoms with Crippen molar-refractivity contribution < 1.29 is 19.4 Å². The molecule has 3 atom stereocenters. The fourth-order valence-corrected chi connectivity index (χ4v) is 3.07. The van der Waals surface area contributed by atoms with E-state index < -0.39 is 29.2 Å². The zero-order chi connectivity index (χ0) is 13.5. The Kier molecular flexibility index (Phi) is 3.15. The quantitative estimate of drug-likeness (QED) is 0.848. The molecule has 0 radical (unpaired) electrons. The molecule has 0 heterocycles. The van der Waals surface area contributed by atoms with Crippen LogP contribution in [0.1, 0.15) is 30.9 Å². The van der Waals surface area contributed by atoms with E-state index in [4.69, 9.17) is 0 Å². The molecule has 1 fully saturated rings. The van der Waals surface area contributed by atoms with E-state index in [2.05, 4.69) is 0 Å². The smallest absolute Gasteiger partial charge is 0.314 e. The first-order valence-electron chi connectivity index (χ1n) is 6.08. The molecule has 1 aliphatic rings. The van der Waals surface area contributed by atoms with Crippen molar-refractivity contribution in [3.05, 3.63) is 35.1 Å². The number of hydrogen-bond acceptors (Lipinski definition) is 2. The summed E-state index contributed by atoms with van der Waals surface area (Å²) in [7, 11) is 0. The van der Waals surface area contributed by atoms with Crippen molar-refractivity contribution >= 4 is 5.97 Å². The summed E-state index contributed by atoms with van der Waals surface area (Å²) in [5.41, 5.74) is -0.328. The first-order valence-corrected chi connectivity index (χ1v) is 6.08. The number of hydrogen-bond donors (Lipinski definition) is 2. The van der Waals surface area contributed by atoms with E-state index in [0.29, 0.717) is 24.0 Å². The Labute approximate surface area is 105 Å². The summed E-state index contributed by atoms with van der Waals surface area (Å²) in [6.45, 7) is 3.31. The minimum Gasteiger partial charge on any atom is -0.481 e. The SMILES string of the molecule is Cc1c(F)cccc1[C@@]1(C(=O)O)CC[C@H](O)C1C. The van der Waals surface area contributed by atoms with Crippen LogP contribution < -0.4 is 0 Å². The number of carbonyl (C=O) groups is 1. The molecule has 0 aliphatic heterocycles. The average molecular weight is 252 g/mol. The largest absolute Gasteiger partial charge is 0.481 e. The predicted molar refractivity (Wildman–Crippen MR) is 64.9 cm³/mol. The lowest BCUT2D eigenvalue weighted by Crippen LogP contribution is -2.41. The van der Waals surface area contributed by atoms with Crippen LogP contribution in [-0.2, 0) is 10.2 Å². The van der Waals surface area contributed by atoms with Gasteiger partial charge in [0.25, 0.3) is 0 Å². The summed E-state index contributed by atoms with van der Waals surface area (Å²) in [5, 5.41) is 19.4. The van der Waals surface area contributed by atoms with Crippen LogP contribution in [0.2, 0.25) is 0 Å². The highest BCUT2D eigenvalue weighted by Gasteiger charge is 2.53. The Morgan fingerprint density at radius 1 is 1.50 bits per heavy atom. The lowest BCUT2D eigenvalue weighted by Gasteiger charge is -2.32. The second-order valence-corrected chi connectivity index (χ2v) is 5.08. The van der Waals surface area contributed by atoms with Gasteiger partial charge in [0.1, 0.15) is 5.82 Å². The minimum atomic E-state index is -1.18. The topological polar surface area (TPSA) is 57.5 Å². The second-order valence-electron chi connectivity index (χ2n) is 5.08. The molecule has 18 heavy (non-hydrogen) atoms. The molecule has 0 saturated heterocycles. The molecule has 0 amide bonds. The zero-order valence-electron chi connectivity index (χ0n) is 10.5. The van der Waals surface area contributed by atoms with Crippen molar-refractivity contribution in [2.45, 2.75) is 38.2 Å². The number of benzene rings is 1. The number of aliphatic carboxylic acids is 1.